The van der Waals surface area contributed by atoms with Gasteiger partial charge in [-0.15, -0.1) is 0 Å². The Hall–Kier alpha value is -3.55. The molecule has 1 atom stereocenters. The van der Waals surface area contributed by atoms with Crippen molar-refractivity contribution in [2.45, 2.75) is 56.8 Å². The predicted octanol–water partition coefficient (Wildman–Crippen LogP) is 3.01. The molecule has 4 N–H and O–H groups in total. The second kappa shape index (κ2) is 10.8. The van der Waals surface area contributed by atoms with Crippen molar-refractivity contribution < 1.29 is 38.0 Å². The number of carbonyl (C=O) groups is 1. The molecule has 1 saturated heterocycles. The first-order chi connectivity index (χ1) is 18.7. The van der Waals surface area contributed by atoms with Crippen LogP contribution in [0.25, 0.3) is 11.0 Å². The zero-order valence-electron chi connectivity index (χ0n) is 22.6. The summed E-state index contributed by atoms with van der Waals surface area (Å²) < 4.78 is 50.4. The van der Waals surface area contributed by atoms with Crippen molar-refractivity contribution in [3.63, 3.8) is 0 Å². The number of amides is 1. The highest BCUT2D eigenvalue weighted by molar-refractivity contribution is 5.87. The van der Waals surface area contributed by atoms with Crippen LogP contribution in [-0.4, -0.2) is 73.5 Å². The van der Waals surface area contributed by atoms with Crippen LogP contribution in [0.15, 0.2) is 30.6 Å². The lowest BCUT2D eigenvalue weighted by Gasteiger charge is -2.38. The molecule has 1 aliphatic heterocycles. The molecule has 4 rings (SSSR count). The minimum atomic E-state index is -3.85. The van der Waals surface area contributed by atoms with E-state index in [9.17, 15) is 23.8 Å². The van der Waals surface area contributed by atoms with E-state index in [1.165, 1.54) is 30.5 Å². The molecular formula is C27H32F3N5O5. The van der Waals surface area contributed by atoms with Crippen molar-refractivity contribution in [2.75, 3.05) is 32.1 Å². The van der Waals surface area contributed by atoms with E-state index in [1.807, 2.05) is 0 Å². The van der Waals surface area contributed by atoms with Crippen molar-refractivity contribution >= 4 is 22.8 Å². The third-order valence-corrected chi connectivity index (χ3v) is 7.32. The minimum Gasteiger partial charge on any atom is -0.481 e. The fourth-order valence-electron chi connectivity index (χ4n) is 4.81. The molecule has 0 spiro atoms. The molecule has 0 aliphatic carbocycles. The van der Waals surface area contributed by atoms with Gasteiger partial charge in [-0.1, -0.05) is 12.1 Å². The monoisotopic (exact) mass is 563 g/mol. The molecule has 40 heavy (non-hydrogen) atoms. The van der Waals surface area contributed by atoms with Gasteiger partial charge >= 0.3 is 5.92 Å². The lowest BCUT2D eigenvalue weighted by Crippen LogP contribution is -2.46. The molecule has 0 unspecified atom stereocenters. The number of nitrogens with one attached hydrogen (secondary N) is 1. The van der Waals surface area contributed by atoms with Crippen molar-refractivity contribution in [2.24, 2.45) is 0 Å². The smallest absolute Gasteiger partial charge is 0.303 e. The van der Waals surface area contributed by atoms with E-state index in [-0.39, 0.29) is 48.8 Å². The Morgan fingerprint density at radius 3 is 2.52 bits per heavy atom. The molecule has 0 bridgehead atoms. The second-order valence-corrected chi connectivity index (χ2v) is 10.4. The summed E-state index contributed by atoms with van der Waals surface area (Å²) >= 11 is 0. The van der Waals surface area contributed by atoms with Gasteiger partial charge in [0.15, 0.2) is 5.65 Å². The van der Waals surface area contributed by atoms with E-state index in [0.29, 0.717) is 10.9 Å². The maximum Gasteiger partial charge on any atom is 0.303 e. The molecule has 1 amide bonds. The number of aliphatic hydroxyl groups is 3. The van der Waals surface area contributed by atoms with Gasteiger partial charge in [-0.05, 0) is 45.7 Å². The fraction of sp³-hybridized carbons (Fsp3) is 0.481. The Labute approximate surface area is 228 Å². The zero-order chi connectivity index (χ0) is 29.5. The normalized spacial score (nSPS) is 16.6. The van der Waals surface area contributed by atoms with Gasteiger partial charge < -0.3 is 30.3 Å². The maximum absolute atomic E-state index is 15.4. The van der Waals surface area contributed by atoms with E-state index in [0.717, 1.165) is 19.9 Å². The van der Waals surface area contributed by atoms with Crippen molar-refractivity contribution in [3.05, 3.63) is 53.1 Å². The number of alkyl halides is 2. The summed E-state index contributed by atoms with van der Waals surface area (Å²) in [5.74, 6) is -5.11. The lowest BCUT2D eigenvalue weighted by atomic mass is 9.84. The summed E-state index contributed by atoms with van der Waals surface area (Å²) in [6.45, 7) is 3.18. The molecular weight excluding hydrogens is 531 g/mol. The predicted molar refractivity (Wildman–Crippen MR) is 139 cm³/mol. The van der Waals surface area contributed by atoms with Crippen LogP contribution in [0.4, 0.5) is 19.0 Å². The Morgan fingerprint density at radius 1 is 1.25 bits per heavy atom. The van der Waals surface area contributed by atoms with E-state index in [4.69, 9.17) is 9.84 Å². The highest BCUT2D eigenvalue weighted by Gasteiger charge is 2.49. The van der Waals surface area contributed by atoms with Crippen LogP contribution in [0.5, 0.6) is 5.88 Å². The van der Waals surface area contributed by atoms with Crippen molar-refractivity contribution in [1.82, 2.24) is 19.9 Å². The Bertz CT molecular complexity index is 1410. The topological polar surface area (TPSA) is 141 Å². The second-order valence-electron chi connectivity index (χ2n) is 10.4. The number of fused-ring (bicyclic) bond motifs is 1. The summed E-state index contributed by atoms with van der Waals surface area (Å²) in [6, 6.07) is 4.34. The van der Waals surface area contributed by atoms with Crippen LogP contribution in [0.3, 0.4) is 0 Å². The number of hydrogen-bond acceptors (Lipinski definition) is 9. The first kappa shape index (κ1) is 29.4. The Kier molecular flexibility index (Phi) is 7.94. The lowest BCUT2D eigenvalue weighted by molar-refractivity contribution is -0.170. The van der Waals surface area contributed by atoms with Crippen LogP contribution >= 0.6 is 0 Å². The summed E-state index contributed by atoms with van der Waals surface area (Å²) in [4.78, 5) is 26.2. The van der Waals surface area contributed by atoms with E-state index < -0.39 is 47.1 Å². The molecule has 3 aromatic rings. The van der Waals surface area contributed by atoms with Crippen LogP contribution in [0, 0.1) is 5.82 Å². The fourth-order valence-corrected chi connectivity index (χ4v) is 4.81. The molecule has 2 aromatic heterocycles. The quantitative estimate of drug-likeness (QED) is 0.326. The van der Waals surface area contributed by atoms with Crippen LogP contribution < -0.4 is 10.1 Å². The number of carbonyl (C=O) groups excluding carboxylic acids is 1. The van der Waals surface area contributed by atoms with Gasteiger partial charge in [-0.3, -0.25) is 4.79 Å². The number of nitrogens with zero attached hydrogens (tertiary/aromatic N) is 4. The van der Waals surface area contributed by atoms with Gasteiger partial charge in [-0.25, -0.2) is 14.4 Å². The first-order valence-electron chi connectivity index (χ1n) is 12.7. The first-order valence-corrected chi connectivity index (χ1v) is 12.7. The van der Waals surface area contributed by atoms with E-state index in [1.54, 1.807) is 13.0 Å². The number of aliphatic hydroxyl groups excluding tert-OH is 1. The molecule has 1 fully saturated rings. The summed E-state index contributed by atoms with van der Waals surface area (Å²) in [5, 5.41) is 34.0. The minimum absolute atomic E-state index is 0.0746. The largest absolute Gasteiger partial charge is 0.481 e. The summed E-state index contributed by atoms with van der Waals surface area (Å²) in [7, 11) is 1.40. The average molecular weight is 564 g/mol. The van der Waals surface area contributed by atoms with Gasteiger partial charge in [0.05, 0.1) is 29.7 Å². The van der Waals surface area contributed by atoms with Crippen molar-refractivity contribution in [1.29, 1.82) is 0 Å². The third kappa shape index (κ3) is 5.28. The number of ether oxygens (including phenoxy) is 1. The molecule has 3 heterocycles. The van der Waals surface area contributed by atoms with Crippen LogP contribution in [0.2, 0.25) is 0 Å². The number of rotatable bonds is 8. The van der Waals surface area contributed by atoms with E-state index in [2.05, 4.69) is 20.3 Å². The number of piperidine rings is 1. The molecule has 10 nitrogen and oxygen atoms in total. The van der Waals surface area contributed by atoms with E-state index >= 15 is 4.39 Å². The maximum atomic E-state index is 15.4. The highest BCUT2D eigenvalue weighted by Crippen LogP contribution is 2.42. The van der Waals surface area contributed by atoms with Gasteiger partial charge in [0.2, 0.25) is 11.8 Å². The Balaban J connectivity index is 1.70. The van der Waals surface area contributed by atoms with Crippen molar-refractivity contribution in [3.8, 4) is 5.88 Å². The molecule has 13 heteroatoms. The Morgan fingerprint density at radius 2 is 1.93 bits per heavy atom. The number of anilines is 1. The van der Waals surface area contributed by atoms with Gasteiger partial charge in [-0.2, -0.15) is 13.8 Å². The molecule has 216 valence electrons. The number of hydrogen-bond donors (Lipinski definition) is 4. The molecule has 0 radical (unpaired) electrons. The highest BCUT2D eigenvalue weighted by atomic mass is 19.3. The third-order valence-electron chi connectivity index (χ3n) is 7.32. The van der Waals surface area contributed by atoms with Crippen LogP contribution in [-0.2, 0) is 16.3 Å². The molecule has 0 saturated carbocycles. The van der Waals surface area contributed by atoms with Crippen LogP contribution in [0.1, 0.15) is 56.3 Å². The van der Waals surface area contributed by atoms with Gasteiger partial charge in [0.25, 0.3) is 0 Å². The molecule has 1 aliphatic rings. The van der Waals surface area contributed by atoms with Gasteiger partial charge in [0.1, 0.15) is 30.2 Å². The summed E-state index contributed by atoms with van der Waals surface area (Å²) in [5.41, 5.74) is -4.36. The summed E-state index contributed by atoms with van der Waals surface area (Å²) in [6.07, 6.45) is 1.54. The number of benzene rings is 1. The zero-order valence-corrected chi connectivity index (χ0v) is 22.6. The van der Waals surface area contributed by atoms with Gasteiger partial charge in [0, 0.05) is 24.2 Å². The SMILES string of the molecule is COc1nc2ncnc(N[C@H](C)c3cccc(C(F)(F)C(C)(C)O)c3F)c2cc1C1(O)CCN(C(=O)CO)CC1. The number of aromatic nitrogens is 3. The molecule has 1 aromatic carbocycles. The number of methoxy groups -OCH3 is 1. The standard InChI is InChI=1S/C27H32F3N5O5/c1-15(16-6-5-7-18(21(16)28)27(29,30)25(2,3)38)33-22-17-12-19(24(40-4)34-23(17)32-14-31-22)26(39)8-10-35(11-9-26)20(37)13-36/h5-7,12,14-15,36,38-39H,8-11,13H2,1-4H3,(H,31,32,33,34)/t15-/m1/s1. The average Bonchev–Trinajstić information content (AvgIpc) is 2.91. The number of halogens is 3. The number of likely N-dealkylation sites (tertiary alicyclic amines) is 1. The number of pyridine rings is 1.